The summed E-state index contributed by atoms with van der Waals surface area (Å²) < 4.78 is 7.32. The number of rotatable bonds is 8. The first-order valence-electron chi connectivity index (χ1n) is 9.73. The van der Waals surface area contributed by atoms with E-state index in [2.05, 4.69) is 58.9 Å². The van der Waals surface area contributed by atoms with Crippen LogP contribution < -0.4 is 15.4 Å². The van der Waals surface area contributed by atoms with Crippen molar-refractivity contribution in [1.82, 2.24) is 30.1 Å². The molecule has 0 aliphatic heterocycles. The average molecular weight is 523 g/mol. The van der Waals surface area contributed by atoms with E-state index in [0.29, 0.717) is 13.1 Å². The van der Waals surface area contributed by atoms with Gasteiger partial charge in [0, 0.05) is 19.3 Å². The number of aliphatic imine (C=N–C) groups is 1. The molecular weight excluding hydrogens is 493 g/mol. The topological polar surface area (TPSA) is 79.1 Å². The molecule has 0 aliphatic rings. The molecule has 3 aromatic rings. The lowest BCUT2D eigenvalue weighted by atomic mass is 10.1. The first-order chi connectivity index (χ1) is 14.1. The van der Waals surface area contributed by atoms with E-state index in [1.807, 2.05) is 40.9 Å². The molecule has 0 bridgehead atoms. The van der Waals surface area contributed by atoms with Gasteiger partial charge in [0.2, 0.25) is 0 Å². The largest absolute Gasteiger partial charge is 0.497 e. The summed E-state index contributed by atoms with van der Waals surface area (Å²) in [6.07, 6.45) is 1.95. The van der Waals surface area contributed by atoms with Crippen molar-refractivity contribution in [2.45, 2.75) is 19.5 Å². The Morgan fingerprint density at radius 3 is 2.73 bits per heavy atom. The molecule has 1 aromatic carbocycles. The monoisotopic (exact) mass is 523 g/mol. The number of hydrogen-bond donors (Lipinski definition) is 2. The summed E-state index contributed by atoms with van der Waals surface area (Å²) in [5.41, 5.74) is 2.00. The normalized spacial score (nSPS) is 12.5. The summed E-state index contributed by atoms with van der Waals surface area (Å²) in [5, 5.41) is 15.2. The Morgan fingerprint density at radius 2 is 2.00 bits per heavy atom. The Bertz CT molecular complexity index is 957. The molecule has 2 N–H and O–H groups in total. The van der Waals surface area contributed by atoms with E-state index in [1.54, 1.807) is 7.11 Å². The van der Waals surface area contributed by atoms with Crippen LogP contribution in [0.1, 0.15) is 24.4 Å². The summed E-state index contributed by atoms with van der Waals surface area (Å²) in [7, 11) is 5.82. The molecule has 0 saturated heterocycles. The highest BCUT2D eigenvalue weighted by molar-refractivity contribution is 14.0. The second-order valence-corrected chi connectivity index (χ2v) is 6.88. The van der Waals surface area contributed by atoms with Gasteiger partial charge in [-0.05, 0) is 50.8 Å². The van der Waals surface area contributed by atoms with Crippen LogP contribution in [-0.2, 0) is 6.54 Å². The predicted octanol–water partition coefficient (Wildman–Crippen LogP) is 2.71. The van der Waals surface area contributed by atoms with Crippen molar-refractivity contribution in [2.24, 2.45) is 4.99 Å². The zero-order chi connectivity index (χ0) is 20.6. The number of benzene rings is 1. The van der Waals surface area contributed by atoms with E-state index in [-0.39, 0.29) is 30.0 Å². The molecule has 2 heterocycles. The van der Waals surface area contributed by atoms with Crippen LogP contribution in [0.5, 0.6) is 5.75 Å². The SMILES string of the molecule is CCNC(=NCc1nnc2ccccn12)NCC(c1cccc(OC)c1)N(C)C.I. The van der Waals surface area contributed by atoms with Crippen LogP contribution >= 0.6 is 24.0 Å². The summed E-state index contributed by atoms with van der Waals surface area (Å²) >= 11 is 0. The Hall–Kier alpha value is -2.40. The lowest BCUT2D eigenvalue weighted by Crippen LogP contribution is -2.41. The third kappa shape index (κ3) is 6.05. The highest BCUT2D eigenvalue weighted by Gasteiger charge is 2.15. The predicted molar refractivity (Wildman–Crippen MR) is 131 cm³/mol. The molecule has 162 valence electrons. The van der Waals surface area contributed by atoms with Crippen LogP contribution in [-0.4, -0.2) is 59.8 Å². The number of fused-ring (bicyclic) bond motifs is 1. The first-order valence-corrected chi connectivity index (χ1v) is 9.73. The highest BCUT2D eigenvalue weighted by atomic mass is 127. The summed E-state index contributed by atoms with van der Waals surface area (Å²) in [6, 6.07) is 14.2. The van der Waals surface area contributed by atoms with Crippen molar-refractivity contribution in [1.29, 1.82) is 0 Å². The van der Waals surface area contributed by atoms with Gasteiger partial charge in [-0.1, -0.05) is 18.2 Å². The van der Waals surface area contributed by atoms with Crippen LogP contribution in [0, 0.1) is 0 Å². The van der Waals surface area contributed by atoms with Crippen LogP contribution in [0.15, 0.2) is 53.7 Å². The van der Waals surface area contributed by atoms with E-state index in [9.17, 15) is 0 Å². The van der Waals surface area contributed by atoms with Gasteiger partial charge in [-0.15, -0.1) is 34.2 Å². The number of methoxy groups -OCH3 is 1. The van der Waals surface area contributed by atoms with Gasteiger partial charge in [-0.2, -0.15) is 0 Å². The summed E-state index contributed by atoms with van der Waals surface area (Å²) in [4.78, 5) is 6.87. The molecule has 0 amide bonds. The fourth-order valence-corrected chi connectivity index (χ4v) is 3.13. The molecule has 0 radical (unpaired) electrons. The van der Waals surface area contributed by atoms with Gasteiger partial charge < -0.3 is 20.3 Å². The maximum atomic E-state index is 5.37. The van der Waals surface area contributed by atoms with E-state index in [1.165, 1.54) is 5.56 Å². The van der Waals surface area contributed by atoms with Gasteiger partial charge in [0.05, 0.1) is 13.2 Å². The Morgan fingerprint density at radius 1 is 1.17 bits per heavy atom. The second kappa shape index (κ2) is 11.7. The number of hydrogen-bond acceptors (Lipinski definition) is 5. The quantitative estimate of drug-likeness (QED) is 0.269. The lowest BCUT2D eigenvalue weighted by molar-refractivity contribution is 0.297. The lowest BCUT2D eigenvalue weighted by Gasteiger charge is -2.26. The van der Waals surface area contributed by atoms with Gasteiger partial charge in [0.15, 0.2) is 17.4 Å². The molecule has 3 rings (SSSR count). The number of halogens is 1. The molecule has 9 heteroatoms. The fourth-order valence-electron chi connectivity index (χ4n) is 3.13. The Kier molecular flexibility index (Phi) is 9.31. The minimum absolute atomic E-state index is 0. The highest BCUT2D eigenvalue weighted by Crippen LogP contribution is 2.22. The molecule has 0 aliphatic carbocycles. The molecule has 0 fully saturated rings. The zero-order valence-electron chi connectivity index (χ0n) is 17.9. The standard InChI is InChI=1S/C21H29N7O.HI/c1-5-22-21(24-15-20-26-25-19-11-6-7-12-28(19)20)23-14-18(27(2)3)16-9-8-10-17(13-16)29-4;/h6-13,18H,5,14-15H2,1-4H3,(H2,22,23,24);1H. The van der Waals surface area contributed by atoms with Crippen molar-refractivity contribution < 1.29 is 4.74 Å². The first kappa shape index (κ1) is 23.9. The van der Waals surface area contributed by atoms with Gasteiger partial charge in [-0.25, -0.2) is 4.99 Å². The molecular formula is C21H30IN7O. The van der Waals surface area contributed by atoms with Gasteiger partial charge in [0.25, 0.3) is 0 Å². The van der Waals surface area contributed by atoms with Gasteiger partial charge in [-0.3, -0.25) is 4.40 Å². The molecule has 30 heavy (non-hydrogen) atoms. The summed E-state index contributed by atoms with van der Waals surface area (Å²) in [6.45, 7) is 3.96. The summed E-state index contributed by atoms with van der Waals surface area (Å²) in [5.74, 6) is 2.40. The average Bonchev–Trinajstić information content (AvgIpc) is 3.15. The number of guanidine groups is 1. The number of likely N-dealkylation sites (N-methyl/N-ethyl adjacent to an activating group) is 1. The number of pyridine rings is 1. The smallest absolute Gasteiger partial charge is 0.191 e. The van der Waals surface area contributed by atoms with Crippen molar-refractivity contribution >= 4 is 35.6 Å². The Balaban J connectivity index is 0.00000320. The van der Waals surface area contributed by atoms with Crippen molar-refractivity contribution in [3.63, 3.8) is 0 Å². The molecule has 2 aromatic heterocycles. The van der Waals surface area contributed by atoms with Crippen LogP contribution in [0.3, 0.4) is 0 Å². The third-order valence-electron chi connectivity index (χ3n) is 4.67. The van der Waals surface area contributed by atoms with Crippen LogP contribution in [0.25, 0.3) is 5.65 Å². The van der Waals surface area contributed by atoms with Crippen LogP contribution in [0.4, 0.5) is 0 Å². The minimum atomic E-state index is 0. The number of nitrogens with zero attached hydrogens (tertiary/aromatic N) is 5. The molecule has 1 unspecified atom stereocenters. The van der Waals surface area contributed by atoms with Gasteiger partial charge in [0.1, 0.15) is 12.3 Å². The molecule has 0 saturated carbocycles. The molecule has 1 atom stereocenters. The van der Waals surface area contributed by atoms with E-state index in [0.717, 1.165) is 29.7 Å². The van der Waals surface area contributed by atoms with E-state index < -0.39 is 0 Å². The molecule has 0 spiro atoms. The van der Waals surface area contributed by atoms with Crippen molar-refractivity contribution in [2.75, 3.05) is 34.3 Å². The maximum absolute atomic E-state index is 5.37. The zero-order valence-corrected chi connectivity index (χ0v) is 20.2. The van der Waals surface area contributed by atoms with Crippen LogP contribution in [0.2, 0.25) is 0 Å². The van der Waals surface area contributed by atoms with E-state index in [4.69, 9.17) is 9.73 Å². The fraction of sp³-hybridized carbons (Fsp3) is 0.381. The third-order valence-corrected chi connectivity index (χ3v) is 4.67. The minimum Gasteiger partial charge on any atom is -0.497 e. The van der Waals surface area contributed by atoms with Crippen molar-refractivity contribution in [3.8, 4) is 5.75 Å². The van der Waals surface area contributed by atoms with Crippen molar-refractivity contribution in [3.05, 3.63) is 60.0 Å². The number of nitrogens with one attached hydrogen (secondary N) is 2. The van der Waals surface area contributed by atoms with Gasteiger partial charge >= 0.3 is 0 Å². The second-order valence-electron chi connectivity index (χ2n) is 6.88. The van der Waals surface area contributed by atoms with E-state index >= 15 is 0 Å². The number of aromatic nitrogens is 3. The maximum Gasteiger partial charge on any atom is 0.191 e. The Labute approximate surface area is 194 Å². The number of ether oxygens (including phenoxy) is 1. The molecule has 8 nitrogen and oxygen atoms in total.